The van der Waals surface area contributed by atoms with Crippen molar-refractivity contribution in [2.75, 3.05) is 11.4 Å². The van der Waals surface area contributed by atoms with Gasteiger partial charge in [0.25, 0.3) is 11.8 Å². The second-order valence-corrected chi connectivity index (χ2v) is 10.0. The molecule has 2 heterocycles. The van der Waals surface area contributed by atoms with Crippen molar-refractivity contribution in [3.63, 3.8) is 0 Å². The minimum Gasteiger partial charge on any atom is -0.457 e. The molecule has 0 spiro atoms. The molecule has 9 heteroatoms. The van der Waals surface area contributed by atoms with Gasteiger partial charge in [0.2, 0.25) is 0 Å². The van der Waals surface area contributed by atoms with Crippen molar-refractivity contribution in [3.8, 4) is 11.5 Å². The van der Waals surface area contributed by atoms with E-state index in [2.05, 4.69) is 5.32 Å². The van der Waals surface area contributed by atoms with E-state index in [4.69, 9.17) is 21.7 Å². The lowest BCUT2D eigenvalue weighted by Crippen LogP contribution is -2.55. The number of likely N-dealkylation sites (tertiary alicyclic amines) is 1. The van der Waals surface area contributed by atoms with Gasteiger partial charge in [0.15, 0.2) is 5.11 Å². The average molecular weight is 508 g/mol. The highest BCUT2D eigenvalue weighted by Gasteiger charge is 2.37. The molecule has 4 rings (SSSR count). The molecule has 2 aromatic carbocycles. The van der Waals surface area contributed by atoms with E-state index in [9.17, 15) is 14.4 Å². The normalized spacial score (nSPS) is 19.8. The molecule has 0 radical (unpaired) electrons. The number of hydrogen-bond donors (Lipinski definition) is 1. The summed E-state index contributed by atoms with van der Waals surface area (Å²) in [6.07, 6.45) is 3.41. The number of piperidine rings is 1. The molecule has 0 aromatic heterocycles. The van der Waals surface area contributed by atoms with Crippen molar-refractivity contribution in [1.82, 2.24) is 10.2 Å². The summed E-state index contributed by atoms with van der Waals surface area (Å²) in [6.45, 7) is 5.89. The minimum absolute atomic E-state index is 0.00785. The summed E-state index contributed by atoms with van der Waals surface area (Å²) in [7, 11) is 0. The lowest BCUT2D eigenvalue weighted by atomic mass is 9.98. The van der Waals surface area contributed by atoms with Crippen LogP contribution in [0.4, 0.5) is 10.5 Å². The van der Waals surface area contributed by atoms with Crippen LogP contribution in [-0.4, -0.2) is 46.1 Å². The highest BCUT2D eigenvalue weighted by atomic mass is 32.1. The molecular formula is C27H29N3O5S. The van der Waals surface area contributed by atoms with Crippen molar-refractivity contribution in [3.05, 3.63) is 66.2 Å². The maximum absolute atomic E-state index is 13.4. The van der Waals surface area contributed by atoms with E-state index in [0.717, 1.165) is 12.8 Å². The third-order valence-corrected chi connectivity index (χ3v) is 6.00. The Hall–Kier alpha value is -3.72. The smallest absolute Gasteiger partial charge is 0.410 e. The maximum atomic E-state index is 13.4. The van der Waals surface area contributed by atoms with Gasteiger partial charge in [-0.1, -0.05) is 18.2 Å². The zero-order valence-electron chi connectivity index (χ0n) is 20.5. The number of nitrogens with one attached hydrogen (secondary N) is 1. The SMILES string of the molecule is CC(C)(C)OC(=O)N1CCCCC1/C=C1\C(=O)NC(=S)N(c2ccc(Oc3ccccc3)cc2)C1=O. The van der Waals surface area contributed by atoms with Crippen molar-refractivity contribution < 1.29 is 23.9 Å². The largest absolute Gasteiger partial charge is 0.457 e. The molecule has 0 aliphatic carbocycles. The van der Waals surface area contributed by atoms with Crippen LogP contribution in [0.25, 0.3) is 0 Å². The molecule has 0 saturated carbocycles. The second kappa shape index (κ2) is 10.5. The molecule has 1 unspecified atom stereocenters. The summed E-state index contributed by atoms with van der Waals surface area (Å²) in [6, 6.07) is 15.8. The number of para-hydroxylation sites is 1. The number of carbonyl (C=O) groups is 3. The van der Waals surface area contributed by atoms with Crippen molar-refractivity contribution in [1.29, 1.82) is 0 Å². The van der Waals surface area contributed by atoms with Crippen LogP contribution in [0.3, 0.4) is 0 Å². The molecular weight excluding hydrogens is 478 g/mol. The molecule has 2 aliphatic heterocycles. The van der Waals surface area contributed by atoms with Crippen molar-refractivity contribution in [2.24, 2.45) is 0 Å². The first-order chi connectivity index (χ1) is 17.1. The Bertz CT molecular complexity index is 1190. The monoisotopic (exact) mass is 507 g/mol. The molecule has 2 aliphatic rings. The molecule has 36 heavy (non-hydrogen) atoms. The standard InChI is InChI=1S/C27H29N3O5S/c1-27(2,3)35-26(33)29-16-8-7-9-19(29)17-22-23(31)28-25(36)30(24(22)32)18-12-14-21(15-13-18)34-20-10-5-4-6-11-20/h4-6,10-15,17,19H,7-9,16H2,1-3H3,(H,28,31,36)/b22-17+. The van der Waals surface area contributed by atoms with Gasteiger partial charge >= 0.3 is 6.09 Å². The lowest BCUT2D eigenvalue weighted by Gasteiger charge is -2.36. The molecule has 2 aromatic rings. The van der Waals surface area contributed by atoms with Crippen LogP contribution in [0.5, 0.6) is 11.5 Å². The van der Waals surface area contributed by atoms with Gasteiger partial charge in [-0.3, -0.25) is 19.8 Å². The number of anilines is 1. The minimum atomic E-state index is -0.649. The van der Waals surface area contributed by atoms with E-state index >= 15 is 0 Å². The zero-order chi connectivity index (χ0) is 25.9. The average Bonchev–Trinajstić information content (AvgIpc) is 2.82. The van der Waals surface area contributed by atoms with Gasteiger partial charge in [-0.2, -0.15) is 0 Å². The van der Waals surface area contributed by atoms with Crippen LogP contribution in [0.15, 0.2) is 66.2 Å². The summed E-state index contributed by atoms with van der Waals surface area (Å²) in [5.41, 5.74) is -0.221. The zero-order valence-corrected chi connectivity index (χ0v) is 21.3. The fraction of sp³-hybridized carbons (Fsp3) is 0.333. The van der Waals surface area contributed by atoms with Crippen LogP contribution >= 0.6 is 12.2 Å². The number of thiocarbonyl (C=S) groups is 1. The first kappa shape index (κ1) is 25.4. The number of amides is 3. The van der Waals surface area contributed by atoms with Gasteiger partial charge in [-0.05, 0) is 94.7 Å². The van der Waals surface area contributed by atoms with E-state index < -0.39 is 29.6 Å². The van der Waals surface area contributed by atoms with Crippen molar-refractivity contribution in [2.45, 2.75) is 51.7 Å². The quantitative estimate of drug-likeness (QED) is 0.358. The Labute approximate surface area is 215 Å². The number of benzene rings is 2. The number of hydrogen-bond acceptors (Lipinski definition) is 6. The summed E-state index contributed by atoms with van der Waals surface area (Å²) in [5, 5.41) is 2.59. The Morgan fingerprint density at radius 3 is 2.36 bits per heavy atom. The molecule has 8 nitrogen and oxygen atoms in total. The highest BCUT2D eigenvalue weighted by molar-refractivity contribution is 7.80. The third kappa shape index (κ3) is 5.91. The van der Waals surface area contributed by atoms with Crippen molar-refractivity contribution >= 4 is 40.9 Å². The molecule has 0 bridgehead atoms. The first-order valence-corrected chi connectivity index (χ1v) is 12.3. The maximum Gasteiger partial charge on any atom is 0.410 e. The predicted molar refractivity (Wildman–Crippen MR) is 140 cm³/mol. The van der Waals surface area contributed by atoms with E-state index in [1.165, 1.54) is 4.90 Å². The van der Waals surface area contributed by atoms with Crippen LogP contribution in [0.1, 0.15) is 40.0 Å². The Morgan fingerprint density at radius 1 is 1.03 bits per heavy atom. The molecule has 1 atom stereocenters. The van der Waals surface area contributed by atoms with Gasteiger partial charge in [0.05, 0.1) is 11.7 Å². The highest BCUT2D eigenvalue weighted by Crippen LogP contribution is 2.28. The van der Waals surface area contributed by atoms with Gasteiger partial charge in [-0.15, -0.1) is 0 Å². The third-order valence-electron chi connectivity index (χ3n) is 5.71. The topological polar surface area (TPSA) is 88.2 Å². The summed E-state index contributed by atoms with van der Waals surface area (Å²) < 4.78 is 11.4. The van der Waals surface area contributed by atoms with Crippen LogP contribution in [0.2, 0.25) is 0 Å². The van der Waals surface area contributed by atoms with E-state index in [1.807, 2.05) is 30.3 Å². The Balaban J connectivity index is 1.56. The second-order valence-electron chi connectivity index (χ2n) is 9.63. The fourth-order valence-corrected chi connectivity index (χ4v) is 4.35. The van der Waals surface area contributed by atoms with Gasteiger partial charge in [0, 0.05) is 6.54 Å². The van der Waals surface area contributed by atoms with Gasteiger partial charge in [-0.25, -0.2) is 4.79 Å². The van der Waals surface area contributed by atoms with Crippen LogP contribution < -0.4 is 15.0 Å². The number of nitrogens with zero attached hydrogens (tertiary/aromatic N) is 2. The van der Waals surface area contributed by atoms with Gasteiger partial charge < -0.3 is 14.4 Å². The van der Waals surface area contributed by atoms with Crippen LogP contribution in [-0.2, 0) is 14.3 Å². The Morgan fingerprint density at radius 2 is 1.69 bits per heavy atom. The van der Waals surface area contributed by atoms with E-state index in [-0.39, 0.29) is 10.7 Å². The first-order valence-electron chi connectivity index (χ1n) is 11.9. The lowest BCUT2D eigenvalue weighted by molar-refractivity contribution is -0.122. The Kier molecular flexibility index (Phi) is 7.40. The predicted octanol–water partition coefficient (Wildman–Crippen LogP) is 4.94. The van der Waals surface area contributed by atoms with E-state index in [1.54, 1.807) is 56.0 Å². The molecule has 1 N–H and O–H groups in total. The molecule has 188 valence electrons. The number of rotatable bonds is 4. The fourth-order valence-electron chi connectivity index (χ4n) is 4.07. The molecule has 2 saturated heterocycles. The summed E-state index contributed by atoms with van der Waals surface area (Å²) in [4.78, 5) is 41.8. The van der Waals surface area contributed by atoms with Crippen LogP contribution in [0, 0.1) is 0 Å². The number of carbonyl (C=O) groups excluding carboxylic acids is 3. The van der Waals surface area contributed by atoms with Gasteiger partial charge in [0.1, 0.15) is 22.7 Å². The number of ether oxygens (including phenoxy) is 2. The van der Waals surface area contributed by atoms with E-state index in [0.29, 0.717) is 30.2 Å². The summed E-state index contributed by atoms with van der Waals surface area (Å²) >= 11 is 5.31. The summed E-state index contributed by atoms with van der Waals surface area (Å²) in [5.74, 6) is 0.153. The molecule has 3 amide bonds. The molecule has 2 fully saturated rings.